The monoisotopic (exact) mass is 830 g/mol. The molecule has 3 aliphatic rings. The number of likely N-dealkylation sites (tertiary alicyclic amines) is 1. The number of ether oxygens (including phenoxy) is 2. The van der Waals surface area contributed by atoms with Gasteiger partial charge in [0.15, 0.2) is 0 Å². The number of sulfonamides is 2. The first kappa shape index (κ1) is 41.2. The molecule has 5 atom stereocenters. The van der Waals surface area contributed by atoms with Crippen molar-refractivity contribution in [1.82, 2.24) is 24.2 Å². The SMILES string of the molecule is C=C[C@@H]1C[C@]1(NC(=O)[C@@H]1C[C@@H](Oc2ncc(OC)c3ccc(Cl)cc23)CN1C(=O)C(Nc1ccc(S(=O)(=O)N(C)C)cc1)C(C)(C)C)C(=O)NS(=O)(=O)C1CC1. The van der Waals surface area contributed by atoms with Crippen LogP contribution in [0.1, 0.15) is 46.5 Å². The number of fused-ring (bicyclic) bond motifs is 1. The molecule has 1 aliphatic heterocycles. The van der Waals surface area contributed by atoms with E-state index in [0.29, 0.717) is 40.1 Å². The van der Waals surface area contributed by atoms with Gasteiger partial charge in [-0.3, -0.25) is 19.1 Å². The molecule has 1 unspecified atom stereocenters. The van der Waals surface area contributed by atoms with Crippen LogP contribution in [-0.4, -0.2) is 105 Å². The molecule has 0 radical (unpaired) electrons. The summed E-state index contributed by atoms with van der Waals surface area (Å²) in [6.07, 6.45) is 3.25. The van der Waals surface area contributed by atoms with Crippen LogP contribution >= 0.6 is 11.6 Å². The zero-order valence-electron chi connectivity index (χ0n) is 32.0. The molecule has 2 heterocycles. The first-order valence-corrected chi connectivity index (χ1v) is 21.5. The van der Waals surface area contributed by atoms with Gasteiger partial charge in [-0.15, -0.1) is 6.58 Å². The highest BCUT2D eigenvalue weighted by atomic mass is 35.5. The molecule has 0 spiro atoms. The topological polar surface area (TPSA) is 193 Å². The summed E-state index contributed by atoms with van der Waals surface area (Å²) in [4.78, 5) is 48.6. The molecule has 1 saturated heterocycles. The fourth-order valence-corrected chi connectivity index (χ4v) is 9.33. The van der Waals surface area contributed by atoms with E-state index in [1.165, 1.54) is 50.5 Å². The molecule has 3 fully saturated rings. The fraction of sp³-hybridized carbons (Fsp3) is 0.474. The normalized spacial score (nSPS) is 23.0. The van der Waals surface area contributed by atoms with Crippen molar-refractivity contribution in [1.29, 1.82) is 0 Å². The number of halogens is 1. The summed E-state index contributed by atoms with van der Waals surface area (Å²) >= 11 is 6.35. The van der Waals surface area contributed by atoms with Gasteiger partial charge in [-0.1, -0.05) is 38.4 Å². The number of hydrogen-bond donors (Lipinski definition) is 3. The molecular weight excluding hydrogens is 784 g/mol. The number of carbonyl (C=O) groups is 3. The summed E-state index contributed by atoms with van der Waals surface area (Å²) in [5.41, 5.74) is -1.84. The van der Waals surface area contributed by atoms with Crippen LogP contribution < -0.4 is 24.8 Å². The molecule has 56 heavy (non-hydrogen) atoms. The summed E-state index contributed by atoms with van der Waals surface area (Å²) in [7, 11) is -3.24. The van der Waals surface area contributed by atoms with Crippen LogP contribution in [0.15, 0.2) is 66.2 Å². The van der Waals surface area contributed by atoms with Gasteiger partial charge in [0.1, 0.15) is 29.5 Å². The number of rotatable bonds is 14. The number of carbonyl (C=O) groups excluding carboxylic acids is 3. The second-order valence-electron chi connectivity index (χ2n) is 15.7. The molecular formula is C38H47ClN6O9S2. The Bertz CT molecular complexity index is 2280. The number of aromatic nitrogens is 1. The Labute approximate surface area is 332 Å². The molecule has 1 aromatic heterocycles. The van der Waals surface area contributed by atoms with Crippen LogP contribution in [0.3, 0.4) is 0 Å². The van der Waals surface area contributed by atoms with Crippen molar-refractivity contribution in [3.8, 4) is 11.6 Å². The second-order valence-corrected chi connectivity index (χ2v) is 20.3. The molecule has 2 saturated carbocycles. The van der Waals surface area contributed by atoms with Crippen LogP contribution in [0.25, 0.3) is 10.8 Å². The third kappa shape index (κ3) is 8.17. The predicted molar refractivity (Wildman–Crippen MR) is 211 cm³/mol. The summed E-state index contributed by atoms with van der Waals surface area (Å²) < 4.78 is 66.0. The third-order valence-electron chi connectivity index (χ3n) is 10.4. The van der Waals surface area contributed by atoms with Gasteiger partial charge >= 0.3 is 0 Å². The minimum absolute atomic E-state index is 0.00186. The van der Waals surface area contributed by atoms with Crippen LogP contribution in [-0.2, 0) is 34.4 Å². The highest BCUT2D eigenvalue weighted by Gasteiger charge is 2.62. The van der Waals surface area contributed by atoms with Gasteiger partial charge < -0.3 is 25.0 Å². The maximum atomic E-state index is 14.8. The van der Waals surface area contributed by atoms with E-state index in [2.05, 4.69) is 26.9 Å². The minimum Gasteiger partial charge on any atom is -0.494 e. The van der Waals surface area contributed by atoms with Crippen molar-refractivity contribution < 1.29 is 40.7 Å². The quantitative estimate of drug-likeness (QED) is 0.201. The van der Waals surface area contributed by atoms with E-state index in [-0.39, 0.29) is 30.2 Å². The van der Waals surface area contributed by atoms with Gasteiger partial charge in [-0.25, -0.2) is 26.1 Å². The minimum atomic E-state index is -3.92. The number of nitrogens with zero attached hydrogens (tertiary/aromatic N) is 3. The Hall–Kier alpha value is -4.45. The molecule has 6 rings (SSSR count). The molecule has 3 aromatic rings. The third-order valence-corrected chi connectivity index (χ3v) is 14.3. The van der Waals surface area contributed by atoms with Crippen LogP contribution in [0.5, 0.6) is 11.6 Å². The number of anilines is 1. The lowest BCUT2D eigenvalue weighted by Gasteiger charge is -2.36. The lowest BCUT2D eigenvalue weighted by atomic mass is 9.85. The van der Waals surface area contributed by atoms with Gasteiger partial charge in [0.05, 0.1) is 30.0 Å². The van der Waals surface area contributed by atoms with Crippen molar-refractivity contribution in [2.24, 2.45) is 11.3 Å². The summed E-state index contributed by atoms with van der Waals surface area (Å²) in [5, 5.41) is 7.06. The van der Waals surface area contributed by atoms with Crippen molar-refractivity contribution in [2.75, 3.05) is 33.1 Å². The Morgan fingerprint density at radius 1 is 1.07 bits per heavy atom. The lowest BCUT2D eigenvalue weighted by Crippen LogP contribution is -2.58. The number of hydrogen-bond acceptors (Lipinski definition) is 11. The van der Waals surface area contributed by atoms with E-state index in [1.807, 2.05) is 20.8 Å². The zero-order valence-corrected chi connectivity index (χ0v) is 34.4. The average molecular weight is 831 g/mol. The van der Waals surface area contributed by atoms with Crippen LogP contribution in [0.2, 0.25) is 5.02 Å². The molecule has 18 heteroatoms. The molecule has 15 nitrogen and oxygen atoms in total. The Balaban J connectivity index is 1.32. The zero-order chi connectivity index (χ0) is 41.0. The van der Waals surface area contributed by atoms with Crippen molar-refractivity contribution in [3.05, 3.63) is 66.3 Å². The van der Waals surface area contributed by atoms with E-state index in [0.717, 1.165) is 4.31 Å². The molecule has 2 aromatic carbocycles. The fourth-order valence-electron chi connectivity index (χ4n) is 6.89. The van der Waals surface area contributed by atoms with Gasteiger partial charge in [-0.05, 0) is 67.1 Å². The largest absolute Gasteiger partial charge is 0.494 e. The van der Waals surface area contributed by atoms with Crippen molar-refractivity contribution >= 4 is 65.8 Å². The van der Waals surface area contributed by atoms with Crippen molar-refractivity contribution in [3.63, 3.8) is 0 Å². The highest BCUT2D eigenvalue weighted by molar-refractivity contribution is 7.91. The molecule has 302 valence electrons. The first-order valence-electron chi connectivity index (χ1n) is 18.1. The number of nitrogens with one attached hydrogen (secondary N) is 3. The standard InChI is InChI=1S/C38H47ClN6O9S2/c1-8-22-19-38(22,36(48)43-55(49,50)26-14-15-26)42-33(46)30-18-25(54-34-29-17-23(39)9-16-28(29)31(53-7)20-40-34)21-45(30)35(47)32(37(2,3)4)41-24-10-12-27(13-11-24)56(51,52)44(5)6/h8-13,16-17,20,22,25-26,30,32,41H,1,14-15,18-19,21H2,2-7H3,(H,42,46)(H,43,48)/t22-,25-,30+,32?,38-/m1/s1. The molecule has 2 aliphatic carbocycles. The average Bonchev–Trinajstić information content (AvgIpc) is 4.07. The smallest absolute Gasteiger partial charge is 0.259 e. The predicted octanol–water partition coefficient (Wildman–Crippen LogP) is 3.69. The highest BCUT2D eigenvalue weighted by Crippen LogP contribution is 2.46. The van der Waals surface area contributed by atoms with Gasteiger partial charge in [0.25, 0.3) is 5.91 Å². The maximum Gasteiger partial charge on any atom is 0.259 e. The van der Waals surface area contributed by atoms with E-state index in [9.17, 15) is 31.2 Å². The Morgan fingerprint density at radius 3 is 2.32 bits per heavy atom. The number of amides is 3. The van der Waals surface area contributed by atoms with Gasteiger partial charge in [-0.2, -0.15) is 0 Å². The van der Waals surface area contributed by atoms with E-state index in [4.69, 9.17) is 21.1 Å². The summed E-state index contributed by atoms with van der Waals surface area (Å²) in [6.45, 7) is 9.27. The first-order chi connectivity index (χ1) is 26.2. The number of pyridine rings is 1. The maximum absolute atomic E-state index is 14.8. The lowest BCUT2D eigenvalue weighted by molar-refractivity contribution is -0.141. The number of methoxy groups -OCH3 is 1. The molecule has 3 amide bonds. The van der Waals surface area contributed by atoms with Crippen LogP contribution in [0, 0.1) is 11.3 Å². The van der Waals surface area contributed by atoms with Crippen LogP contribution in [0.4, 0.5) is 5.69 Å². The second kappa shape index (κ2) is 15.1. The summed E-state index contributed by atoms with van der Waals surface area (Å²) in [6, 6.07) is 9.07. The van der Waals surface area contributed by atoms with Gasteiger partial charge in [0.2, 0.25) is 37.7 Å². The summed E-state index contributed by atoms with van der Waals surface area (Å²) in [5.74, 6) is -1.84. The molecule has 0 bridgehead atoms. The Kier molecular flexibility index (Phi) is 11.1. The molecule has 3 N–H and O–H groups in total. The Morgan fingerprint density at radius 2 is 1.75 bits per heavy atom. The van der Waals surface area contributed by atoms with Gasteiger partial charge in [0, 0.05) is 47.9 Å². The van der Waals surface area contributed by atoms with E-state index < -0.39 is 78.1 Å². The number of benzene rings is 2. The van der Waals surface area contributed by atoms with E-state index >= 15 is 0 Å². The van der Waals surface area contributed by atoms with E-state index in [1.54, 1.807) is 30.3 Å². The van der Waals surface area contributed by atoms with Crippen molar-refractivity contribution in [2.45, 2.75) is 80.3 Å².